The number of nitrogens with zero attached hydrogens (tertiary/aromatic N) is 1. The second kappa shape index (κ2) is 6.76. The molecule has 0 saturated carbocycles. The van der Waals surface area contributed by atoms with Gasteiger partial charge < -0.3 is 15.2 Å². The van der Waals surface area contributed by atoms with E-state index in [9.17, 15) is 9.59 Å². The first-order chi connectivity index (χ1) is 10.4. The number of aromatic nitrogens is 1. The van der Waals surface area contributed by atoms with Crippen LogP contribution in [0.25, 0.3) is 0 Å². The first-order valence-corrected chi connectivity index (χ1v) is 7.51. The van der Waals surface area contributed by atoms with Gasteiger partial charge in [0.2, 0.25) is 5.91 Å². The summed E-state index contributed by atoms with van der Waals surface area (Å²) in [6, 6.07) is 4.88. The molecule has 0 bridgehead atoms. The van der Waals surface area contributed by atoms with Crippen molar-refractivity contribution in [3.8, 4) is 5.75 Å². The van der Waals surface area contributed by atoms with Crippen molar-refractivity contribution in [1.82, 2.24) is 4.98 Å². The van der Waals surface area contributed by atoms with Gasteiger partial charge in [0.05, 0.1) is 18.7 Å². The molecular formula is C14H13ClN2O4S. The molecule has 0 unspecified atom stereocenters. The van der Waals surface area contributed by atoms with Crippen LogP contribution >= 0.6 is 22.9 Å². The second-order valence-electron chi connectivity index (χ2n) is 4.43. The van der Waals surface area contributed by atoms with Gasteiger partial charge in [-0.05, 0) is 25.1 Å². The Morgan fingerprint density at radius 2 is 2.18 bits per heavy atom. The molecule has 8 heteroatoms. The number of carboxylic acids is 1. The molecule has 1 aromatic heterocycles. The molecule has 0 aliphatic heterocycles. The summed E-state index contributed by atoms with van der Waals surface area (Å²) in [4.78, 5) is 27.0. The van der Waals surface area contributed by atoms with E-state index in [1.165, 1.54) is 12.5 Å². The minimum atomic E-state index is -1.12. The van der Waals surface area contributed by atoms with E-state index in [-0.39, 0.29) is 11.6 Å². The number of aromatic carboxylic acids is 1. The van der Waals surface area contributed by atoms with Crippen LogP contribution in [0.1, 0.15) is 28.3 Å². The van der Waals surface area contributed by atoms with Crippen molar-refractivity contribution in [3.63, 3.8) is 0 Å². The Bertz CT molecular complexity index is 717. The Morgan fingerprint density at radius 3 is 2.77 bits per heavy atom. The van der Waals surface area contributed by atoms with Crippen molar-refractivity contribution >= 4 is 40.5 Å². The van der Waals surface area contributed by atoms with Gasteiger partial charge in [-0.1, -0.05) is 11.6 Å². The number of halogens is 1. The SMILES string of the molecule is COc1ccc(Cl)cc1NC(=O)[C@@H](C)c1nc(C(=O)O)cs1. The number of nitrogens with one attached hydrogen (secondary N) is 1. The summed E-state index contributed by atoms with van der Waals surface area (Å²) in [5.41, 5.74) is 0.377. The Balaban J connectivity index is 2.17. The minimum absolute atomic E-state index is 0.0695. The van der Waals surface area contributed by atoms with Gasteiger partial charge in [-0.3, -0.25) is 4.79 Å². The predicted molar refractivity (Wildman–Crippen MR) is 84.1 cm³/mol. The van der Waals surface area contributed by atoms with Gasteiger partial charge in [0.25, 0.3) is 0 Å². The van der Waals surface area contributed by atoms with Crippen LogP contribution in [0.4, 0.5) is 5.69 Å². The number of benzene rings is 1. The van der Waals surface area contributed by atoms with Crippen LogP contribution in [0, 0.1) is 0 Å². The van der Waals surface area contributed by atoms with Crippen LogP contribution < -0.4 is 10.1 Å². The number of anilines is 1. The van der Waals surface area contributed by atoms with Gasteiger partial charge >= 0.3 is 5.97 Å². The van der Waals surface area contributed by atoms with Crippen LogP contribution in [0.15, 0.2) is 23.6 Å². The quantitative estimate of drug-likeness (QED) is 0.872. The van der Waals surface area contributed by atoms with Crippen molar-refractivity contribution in [1.29, 1.82) is 0 Å². The van der Waals surface area contributed by atoms with Crippen LogP contribution in [0.2, 0.25) is 5.02 Å². The number of hydrogen-bond acceptors (Lipinski definition) is 5. The third kappa shape index (κ3) is 3.55. The molecule has 116 valence electrons. The number of amides is 1. The summed E-state index contributed by atoms with van der Waals surface area (Å²) in [5, 5.41) is 13.9. The van der Waals surface area contributed by atoms with E-state index in [4.69, 9.17) is 21.4 Å². The number of carbonyl (C=O) groups is 2. The van der Waals surface area contributed by atoms with E-state index >= 15 is 0 Å². The molecule has 0 fully saturated rings. The molecule has 22 heavy (non-hydrogen) atoms. The highest BCUT2D eigenvalue weighted by molar-refractivity contribution is 7.10. The number of thiazole rings is 1. The number of ether oxygens (including phenoxy) is 1. The van der Waals surface area contributed by atoms with Gasteiger partial charge in [-0.2, -0.15) is 0 Å². The van der Waals surface area contributed by atoms with Gasteiger partial charge in [0, 0.05) is 10.4 Å². The van der Waals surface area contributed by atoms with E-state index in [0.717, 1.165) is 11.3 Å². The Hall–Kier alpha value is -2.12. The average Bonchev–Trinajstić information content (AvgIpc) is 2.96. The van der Waals surface area contributed by atoms with Crippen LogP contribution in [0.5, 0.6) is 5.75 Å². The summed E-state index contributed by atoms with van der Waals surface area (Å²) >= 11 is 7.04. The Kier molecular flexibility index (Phi) is 4.99. The topological polar surface area (TPSA) is 88.5 Å². The zero-order valence-electron chi connectivity index (χ0n) is 11.8. The van der Waals surface area contributed by atoms with Gasteiger partial charge in [-0.15, -0.1) is 11.3 Å². The van der Waals surface area contributed by atoms with Gasteiger partial charge in [-0.25, -0.2) is 9.78 Å². The molecule has 0 radical (unpaired) electrons. The standard InChI is InChI=1S/C14H13ClN2O4S/c1-7(13-17-10(6-22-13)14(19)20)12(18)16-9-5-8(15)3-4-11(9)21-2/h3-7H,1-2H3,(H,16,18)(H,19,20)/t7-/m1/s1. The zero-order valence-corrected chi connectivity index (χ0v) is 13.4. The molecule has 0 aliphatic carbocycles. The maximum atomic E-state index is 12.3. The molecule has 2 N–H and O–H groups in total. The second-order valence-corrected chi connectivity index (χ2v) is 5.76. The maximum absolute atomic E-state index is 12.3. The van der Waals surface area contributed by atoms with E-state index in [1.54, 1.807) is 25.1 Å². The first-order valence-electron chi connectivity index (χ1n) is 6.25. The fourth-order valence-electron chi connectivity index (χ4n) is 1.72. The highest BCUT2D eigenvalue weighted by Crippen LogP contribution is 2.29. The summed E-state index contributed by atoms with van der Waals surface area (Å²) in [6.07, 6.45) is 0. The Morgan fingerprint density at radius 1 is 1.45 bits per heavy atom. The molecule has 2 aromatic rings. The number of rotatable bonds is 5. The molecule has 0 saturated heterocycles. The van der Waals surface area contributed by atoms with Crippen molar-refractivity contribution in [3.05, 3.63) is 39.3 Å². The first kappa shape index (κ1) is 16.3. The van der Waals surface area contributed by atoms with E-state index in [2.05, 4.69) is 10.3 Å². The van der Waals surface area contributed by atoms with Gasteiger partial charge in [0.1, 0.15) is 10.8 Å². The molecule has 1 amide bonds. The fraction of sp³-hybridized carbons (Fsp3) is 0.214. The predicted octanol–water partition coefficient (Wildman–Crippen LogP) is 3.25. The number of carboxylic acid groups (broad SMARTS) is 1. The minimum Gasteiger partial charge on any atom is -0.495 e. The molecule has 6 nitrogen and oxygen atoms in total. The molecule has 0 spiro atoms. The molecular weight excluding hydrogens is 328 g/mol. The molecule has 1 heterocycles. The van der Waals surface area contributed by atoms with Gasteiger partial charge in [0.15, 0.2) is 5.69 Å². The molecule has 1 atom stereocenters. The Labute approximate surface area is 135 Å². The van der Waals surface area contributed by atoms with Crippen molar-refractivity contribution in [2.24, 2.45) is 0 Å². The normalized spacial score (nSPS) is 11.8. The third-order valence-electron chi connectivity index (χ3n) is 2.92. The van der Waals surface area contributed by atoms with Crippen LogP contribution in [-0.2, 0) is 4.79 Å². The number of methoxy groups -OCH3 is 1. The lowest BCUT2D eigenvalue weighted by Gasteiger charge is -2.13. The van der Waals surface area contributed by atoms with Crippen molar-refractivity contribution < 1.29 is 19.4 Å². The average molecular weight is 341 g/mol. The molecule has 1 aromatic carbocycles. The fourth-order valence-corrected chi connectivity index (χ4v) is 2.74. The van der Waals surface area contributed by atoms with Crippen LogP contribution in [-0.4, -0.2) is 29.1 Å². The lowest BCUT2D eigenvalue weighted by molar-refractivity contribution is -0.117. The van der Waals surface area contributed by atoms with Crippen molar-refractivity contribution in [2.75, 3.05) is 12.4 Å². The highest BCUT2D eigenvalue weighted by Gasteiger charge is 2.21. The lowest BCUT2D eigenvalue weighted by Crippen LogP contribution is -2.19. The van der Waals surface area contributed by atoms with E-state index < -0.39 is 11.9 Å². The molecule has 0 aliphatic rings. The lowest BCUT2D eigenvalue weighted by atomic mass is 10.1. The number of hydrogen-bond donors (Lipinski definition) is 2. The van der Waals surface area contributed by atoms with Crippen molar-refractivity contribution in [2.45, 2.75) is 12.8 Å². The summed E-state index contributed by atoms with van der Waals surface area (Å²) in [5.74, 6) is -1.56. The van der Waals surface area contributed by atoms with E-state index in [1.807, 2.05) is 0 Å². The smallest absolute Gasteiger partial charge is 0.355 e. The van der Waals surface area contributed by atoms with E-state index in [0.29, 0.717) is 21.5 Å². The van der Waals surface area contributed by atoms with Crippen LogP contribution in [0.3, 0.4) is 0 Å². The monoisotopic (exact) mass is 340 g/mol. The highest BCUT2D eigenvalue weighted by atomic mass is 35.5. The zero-order chi connectivity index (χ0) is 16.3. The summed E-state index contributed by atoms with van der Waals surface area (Å²) in [7, 11) is 1.49. The number of carbonyl (C=O) groups excluding carboxylic acids is 1. The third-order valence-corrected chi connectivity index (χ3v) is 4.19. The summed E-state index contributed by atoms with van der Waals surface area (Å²) in [6.45, 7) is 1.65. The molecule has 2 rings (SSSR count). The largest absolute Gasteiger partial charge is 0.495 e. The maximum Gasteiger partial charge on any atom is 0.355 e. The summed E-state index contributed by atoms with van der Waals surface area (Å²) < 4.78 is 5.16.